The number of rotatable bonds is 6. The molecule has 1 saturated heterocycles. The third-order valence-corrected chi connectivity index (χ3v) is 4.91. The molecule has 1 saturated carbocycles. The summed E-state index contributed by atoms with van der Waals surface area (Å²) >= 11 is 0. The quantitative estimate of drug-likeness (QED) is 0.884. The number of nitrogens with one attached hydrogen (secondary N) is 1. The van der Waals surface area contributed by atoms with Crippen LogP contribution < -0.4 is 0 Å². The zero-order valence-electron chi connectivity index (χ0n) is 13.5. The number of hydrogen-bond donors (Lipinski definition) is 1. The van der Waals surface area contributed by atoms with Gasteiger partial charge in [-0.15, -0.1) is 0 Å². The van der Waals surface area contributed by atoms with Crippen LogP contribution in [0.15, 0.2) is 24.5 Å². The summed E-state index contributed by atoms with van der Waals surface area (Å²) in [6.07, 6.45) is 8.43. The van der Waals surface area contributed by atoms with Crippen LogP contribution in [-0.4, -0.2) is 51.4 Å². The minimum atomic E-state index is 0.270. The van der Waals surface area contributed by atoms with Gasteiger partial charge in [-0.25, -0.2) is 4.98 Å². The number of likely N-dealkylation sites (tertiary alicyclic amines) is 1. The van der Waals surface area contributed by atoms with Crippen molar-refractivity contribution in [1.29, 1.82) is 0 Å². The summed E-state index contributed by atoms with van der Waals surface area (Å²) in [5.74, 6) is 2.58. The van der Waals surface area contributed by atoms with Crippen molar-refractivity contribution in [2.75, 3.05) is 20.2 Å². The highest BCUT2D eigenvalue weighted by Gasteiger charge is 2.36. The molecule has 0 unspecified atom stereocenters. The van der Waals surface area contributed by atoms with E-state index in [1.807, 2.05) is 12.4 Å². The van der Waals surface area contributed by atoms with Crippen molar-refractivity contribution in [3.05, 3.63) is 41.7 Å². The summed E-state index contributed by atoms with van der Waals surface area (Å²) in [5, 5.41) is 7.59. The smallest absolute Gasteiger partial charge is 0.153 e. The Balaban J connectivity index is 1.46. The van der Waals surface area contributed by atoms with E-state index in [0.29, 0.717) is 5.92 Å². The monoisotopic (exact) mass is 313 g/mol. The van der Waals surface area contributed by atoms with E-state index < -0.39 is 0 Å². The standard InChI is InChI=1S/C17H23N5O/c1-23-14-10-15(17-19-16(20-21-17)13-2-3-13)22(11-14)9-6-12-4-7-18-8-5-12/h4-5,7-8,13-15H,2-3,6,9-11H2,1H3,(H,19,20,21)/t14-,15+/m1/s1. The second-order valence-corrected chi connectivity index (χ2v) is 6.56. The topological polar surface area (TPSA) is 66.9 Å². The summed E-state index contributed by atoms with van der Waals surface area (Å²) in [6, 6.07) is 4.44. The van der Waals surface area contributed by atoms with Crippen LogP contribution in [0.1, 0.15) is 48.4 Å². The lowest BCUT2D eigenvalue weighted by molar-refractivity contribution is 0.108. The summed E-state index contributed by atoms with van der Waals surface area (Å²) < 4.78 is 5.60. The first kappa shape index (κ1) is 14.8. The number of aromatic amines is 1. The predicted octanol–water partition coefficient (Wildman–Crippen LogP) is 2.08. The number of aromatic nitrogens is 4. The Bertz CT molecular complexity index is 639. The highest BCUT2D eigenvalue weighted by atomic mass is 16.5. The lowest BCUT2D eigenvalue weighted by atomic mass is 10.1. The highest BCUT2D eigenvalue weighted by molar-refractivity contribution is 5.12. The minimum Gasteiger partial charge on any atom is -0.380 e. The molecule has 0 aromatic carbocycles. The Labute approximate surface area is 136 Å². The molecule has 2 aromatic heterocycles. The van der Waals surface area contributed by atoms with E-state index in [9.17, 15) is 0 Å². The Morgan fingerprint density at radius 3 is 2.87 bits per heavy atom. The van der Waals surface area contributed by atoms with Crippen molar-refractivity contribution in [3.63, 3.8) is 0 Å². The Kier molecular flexibility index (Phi) is 4.10. The molecule has 1 N–H and O–H groups in total. The van der Waals surface area contributed by atoms with Gasteiger partial charge in [0.25, 0.3) is 0 Å². The Hall–Kier alpha value is -1.79. The number of methoxy groups -OCH3 is 1. The first-order valence-electron chi connectivity index (χ1n) is 8.41. The summed E-state index contributed by atoms with van der Waals surface area (Å²) in [5.41, 5.74) is 1.32. The molecule has 0 bridgehead atoms. The van der Waals surface area contributed by atoms with Gasteiger partial charge in [0, 0.05) is 38.5 Å². The molecule has 23 heavy (non-hydrogen) atoms. The van der Waals surface area contributed by atoms with Gasteiger partial charge >= 0.3 is 0 Å². The summed E-state index contributed by atoms with van der Waals surface area (Å²) in [4.78, 5) is 11.3. The maximum absolute atomic E-state index is 5.60. The molecule has 2 aliphatic rings. The SMILES string of the molecule is CO[C@@H]1C[C@@H](c2nc(C3CC3)n[nH]2)N(CCc2ccncc2)C1. The van der Waals surface area contributed by atoms with Crippen LogP contribution in [-0.2, 0) is 11.2 Å². The average Bonchev–Trinajstić information content (AvgIpc) is 3.18. The van der Waals surface area contributed by atoms with Gasteiger partial charge in [-0.2, -0.15) is 5.10 Å². The van der Waals surface area contributed by atoms with E-state index in [-0.39, 0.29) is 12.1 Å². The van der Waals surface area contributed by atoms with Crippen molar-refractivity contribution >= 4 is 0 Å². The Morgan fingerprint density at radius 1 is 1.30 bits per heavy atom. The lowest BCUT2D eigenvalue weighted by Crippen LogP contribution is -2.28. The van der Waals surface area contributed by atoms with Crippen LogP contribution >= 0.6 is 0 Å². The van der Waals surface area contributed by atoms with Gasteiger partial charge in [0.05, 0.1) is 12.1 Å². The average molecular weight is 313 g/mol. The maximum Gasteiger partial charge on any atom is 0.153 e. The van der Waals surface area contributed by atoms with Crippen molar-refractivity contribution in [3.8, 4) is 0 Å². The Morgan fingerprint density at radius 2 is 2.13 bits per heavy atom. The number of pyridine rings is 1. The van der Waals surface area contributed by atoms with Crippen molar-refractivity contribution in [2.45, 2.75) is 43.7 Å². The second kappa shape index (κ2) is 6.37. The van der Waals surface area contributed by atoms with Crippen LogP contribution in [0.3, 0.4) is 0 Å². The van der Waals surface area contributed by atoms with E-state index in [1.54, 1.807) is 7.11 Å². The molecule has 0 spiro atoms. The van der Waals surface area contributed by atoms with Gasteiger partial charge < -0.3 is 4.74 Å². The van der Waals surface area contributed by atoms with Gasteiger partial charge in [0.1, 0.15) is 5.82 Å². The molecule has 122 valence electrons. The van der Waals surface area contributed by atoms with E-state index in [4.69, 9.17) is 9.72 Å². The third-order valence-electron chi connectivity index (χ3n) is 4.91. The first-order valence-corrected chi connectivity index (χ1v) is 8.41. The molecule has 1 aliphatic heterocycles. The van der Waals surface area contributed by atoms with Crippen LogP contribution in [0.4, 0.5) is 0 Å². The van der Waals surface area contributed by atoms with E-state index in [1.165, 1.54) is 18.4 Å². The van der Waals surface area contributed by atoms with Gasteiger partial charge in [0.2, 0.25) is 0 Å². The molecule has 2 fully saturated rings. The second-order valence-electron chi connectivity index (χ2n) is 6.56. The van der Waals surface area contributed by atoms with E-state index in [0.717, 1.165) is 37.6 Å². The van der Waals surface area contributed by atoms with Gasteiger partial charge in [0.15, 0.2) is 5.82 Å². The number of H-pyrrole nitrogens is 1. The number of hydrogen-bond acceptors (Lipinski definition) is 5. The maximum atomic E-state index is 5.60. The van der Waals surface area contributed by atoms with E-state index >= 15 is 0 Å². The molecule has 6 heteroatoms. The molecule has 0 radical (unpaired) electrons. The molecule has 6 nitrogen and oxygen atoms in total. The van der Waals surface area contributed by atoms with Crippen LogP contribution in [0.5, 0.6) is 0 Å². The van der Waals surface area contributed by atoms with Gasteiger partial charge in [-0.1, -0.05) is 0 Å². The molecule has 3 heterocycles. The van der Waals surface area contributed by atoms with Crippen LogP contribution in [0, 0.1) is 0 Å². The highest BCUT2D eigenvalue weighted by Crippen LogP contribution is 2.39. The molecule has 2 atom stereocenters. The van der Waals surface area contributed by atoms with Crippen LogP contribution in [0.2, 0.25) is 0 Å². The van der Waals surface area contributed by atoms with Gasteiger partial charge in [-0.3, -0.25) is 15.0 Å². The molecule has 1 aliphatic carbocycles. The predicted molar refractivity (Wildman–Crippen MR) is 86.0 cm³/mol. The minimum absolute atomic E-state index is 0.270. The summed E-state index contributed by atoms with van der Waals surface area (Å²) in [6.45, 7) is 1.94. The molecule has 2 aromatic rings. The molecular formula is C17H23N5O. The third kappa shape index (κ3) is 3.28. The first-order chi connectivity index (χ1) is 11.3. The summed E-state index contributed by atoms with van der Waals surface area (Å²) in [7, 11) is 1.80. The molecule has 4 rings (SSSR count). The zero-order chi connectivity index (χ0) is 15.6. The normalized spacial score (nSPS) is 25.1. The van der Waals surface area contributed by atoms with Crippen molar-refractivity contribution < 1.29 is 4.74 Å². The number of ether oxygens (including phenoxy) is 1. The van der Waals surface area contributed by atoms with E-state index in [2.05, 4.69) is 32.2 Å². The fourth-order valence-corrected chi connectivity index (χ4v) is 3.35. The molecular weight excluding hydrogens is 290 g/mol. The fourth-order valence-electron chi connectivity index (χ4n) is 3.35. The number of nitrogens with zero attached hydrogens (tertiary/aromatic N) is 4. The van der Waals surface area contributed by atoms with Crippen molar-refractivity contribution in [2.24, 2.45) is 0 Å². The molecule has 0 amide bonds. The van der Waals surface area contributed by atoms with Gasteiger partial charge in [-0.05, 0) is 43.4 Å². The van der Waals surface area contributed by atoms with Crippen LogP contribution in [0.25, 0.3) is 0 Å². The lowest BCUT2D eigenvalue weighted by Gasteiger charge is -2.22. The van der Waals surface area contributed by atoms with Crippen molar-refractivity contribution in [1.82, 2.24) is 25.1 Å². The zero-order valence-corrected chi connectivity index (χ0v) is 13.5. The fraction of sp³-hybridized carbons (Fsp3) is 0.588. The largest absolute Gasteiger partial charge is 0.380 e.